The van der Waals surface area contributed by atoms with Crippen molar-refractivity contribution in [1.29, 1.82) is 0 Å². The summed E-state index contributed by atoms with van der Waals surface area (Å²) in [6, 6.07) is 9.45. The lowest BCUT2D eigenvalue weighted by Gasteiger charge is -2.31. The van der Waals surface area contributed by atoms with Gasteiger partial charge < -0.3 is 14.2 Å². The SMILES string of the molecule is CCOP(=O)(OCC)/C(=C/c1ccccc1)C(O)C(C)(C)C. The fourth-order valence-electron chi connectivity index (χ4n) is 2.00. The van der Waals surface area contributed by atoms with Crippen LogP contribution in [-0.2, 0) is 13.6 Å². The Bertz CT molecular complexity index is 521. The minimum Gasteiger partial charge on any atom is -0.388 e. The predicted molar refractivity (Wildman–Crippen MR) is 90.7 cm³/mol. The topological polar surface area (TPSA) is 55.8 Å². The average molecular weight is 326 g/mol. The first-order valence-electron chi connectivity index (χ1n) is 7.59. The second-order valence-electron chi connectivity index (χ2n) is 6.08. The molecule has 1 rings (SSSR count). The summed E-state index contributed by atoms with van der Waals surface area (Å²) in [6.45, 7) is 9.68. The molecule has 0 aliphatic carbocycles. The van der Waals surface area contributed by atoms with Crippen LogP contribution in [0.3, 0.4) is 0 Å². The molecule has 1 N–H and O–H groups in total. The summed E-state index contributed by atoms with van der Waals surface area (Å²) < 4.78 is 24.0. The molecule has 0 bridgehead atoms. The molecule has 22 heavy (non-hydrogen) atoms. The van der Waals surface area contributed by atoms with E-state index in [9.17, 15) is 9.67 Å². The zero-order valence-electron chi connectivity index (χ0n) is 14.1. The van der Waals surface area contributed by atoms with Gasteiger partial charge in [0, 0.05) is 0 Å². The minimum absolute atomic E-state index is 0.250. The molecular formula is C17H27O4P. The van der Waals surface area contributed by atoms with E-state index in [0.29, 0.717) is 5.31 Å². The van der Waals surface area contributed by atoms with Crippen LogP contribution in [0.4, 0.5) is 0 Å². The van der Waals surface area contributed by atoms with Gasteiger partial charge >= 0.3 is 7.60 Å². The first kappa shape index (κ1) is 19.1. The van der Waals surface area contributed by atoms with Crippen molar-refractivity contribution in [3.8, 4) is 0 Å². The van der Waals surface area contributed by atoms with Crippen molar-refractivity contribution in [3.63, 3.8) is 0 Å². The third kappa shape index (κ3) is 5.06. The second kappa shape index (κ2) is 8.07. The van der Waals surface area contributed by atoms with Gasteiger partial charge in [0.1, 0.15) is 0 Å². The van der Waals surface area contributed by atoms with Crippen LogP contribution in [0, 0.1) is 5.41 Å². The van der Waals surface area contributed by atoms with E-state index < -0.39 is 19.1 Å². The molecule has 0 heterocycles. The fourth-order valence-corrected chi connectivity index (χ4v) is 4.04. The van der Waals surface area contributed by atoms with Crippen LogP contribution >= 0.6 is 7.60 Å². The molecule has 0 radical (unpaired) electrons. The Kier molecular flexibility index (Phi) is 7.01. The van der Waals surface area contributed by atoms with Crippen LogP contribution in [0.25, 0.3) is 6.08 Å². The summed E-state index contributed by atoms with van der Waals surface area (Å²) in [4.78, 5) is 0. The largest absolute Gasteiger partial charge is 0.388 e. The van der Waals surface area contributed by atoms with Crippen molar-refractivity contribution in [1.82, 2.24) is 0 Å². The van der Waals surface area contributed by atoms with Crippen LogP contribution in [0.5, 0.6) is 0 Å². The van der Waals surface area contributed by atoms with E-state index >= 15 is 0 Å². The number of aliphatic hydroxyl groups excluding tert-OH is 1. The third-order valence-corrected chi connectivity index (χ3v) is 5.33. The zero-order chi connectivity index (χ0) is 16.8. The third-order valence-electron chi connectivity index (χ3n) is 3.13. The van der Waals surface area contributed by atoms with Crippen LogP contribution < -0.4 is 0 Å². The summed E-state index contributed by atoms with van der Waals surface area (Å²) in [7, 11) is -3.54. The molecule has 0 spiro atoms. The molecule has 0 aliphatic heterocycles. The molecule has 0 saturated heterocycles. The summed E-state index contributed by atoms with van der Waals surface area (Å²) in [5.74, 6) is 0. The van der Waals surface area contributed by atoms with E-state index in [4.69, 9.17) is 9.05 Å². The molecule has 0 amide bonds. The lowest BCUT2D eigenvalue weighted by Crippen LogP contribution is -2.28. The number of rotatable bonds is 7. The van der Waals surface area contributed by atoms with Gasteiger partial charge in [0.2, 0.25) is 0 Å². The Morgan fingerprint density at radius 2 is 1.68 bits per heavy atom. The molecule has 0 aliphatic rings. The van der Waals surface area contributed by atoms with Crippen molar-refractivity contribution in [2.24, 2.45) is 5.41 Å². The quantitative estimate of drug-likeness (QED) is 0.738. The van der Waals surface area contributed by atoms with Crippen LogP contribution in [-0.4, -0.2) is 24.4 Å². The van der Waals surface area contributed by atoms with Crippen LogP contribution in [0.15, 0.2) is 35.6 Å². The molecule has 1 aromatic carbocycles. The molecule has 4 nitrogen and oxygen atoms in total. The van der Waals surface area contributed by atoms with E-state index in [1.807, 2.05) is 51.1 Å². The van der Waals surface area contributed by atoms with E-state index in [0.717, 1.165) is 5.56 Å². The monoisotopic (exact) mass is 326 g/mol. The predicted octanol–water partition coefficient (Wildman–Crippen LogP) is 4.70. The zero-order valence-corrected chi connectivity index (χ0v) is 15.0. The van der Waals surface area contributed by atoms with E-state index in [1.165, 1.54) is 0 Å². The van der Waals surface area contributed by atoms with Crippen molar-refractivity contribution in [3.05, 3.63) is 41.2 Å². The van der Waals surface area contributed by atoms with Gasteiger partial charge in [0.25, 0.3) is 0 Å². The lowest BCUT2D eigenvalue weighted by molar-refractivity contribution is 0.0955. The van der Waals surface area contributed by atoms with Crippen molar-refractivity contribution < 1.29 is 18.7 Å². The summed E-state index contributed by atoms with van der Waals surface area (Å²) in [5.41, 5.74) is 0.366. The fraction of sp³-hybridized carbons (Fsp3) is 0.529. The molecule has 1 aromatic rings. The summed E-state index contributed by atoms with van der Waals surface area (Å²) in [5, 5.41) is 11.0. The van der Waals surface area contributed by atoms with E-state index in [1.54, 1.807) is 19.9 Å². The molecule has 124 valence electrons. The number of hydrogen-bond acceptors (Lipinski definition) is 4. The average Bonchev–Trinajstić information content (AvgIpc) is 2.44. The Hall–Kier alpha value is -0.930. The van der Waals surface area contributed by atoms with Gasteiger partial charge in [-0.05, 0) is 30.9 Å². The normalized spacial score (nSPS) is 14.9. The van der Waals surface area contributed by atoms with Gasteiger partial charge in [-0.2, -0.15) is 0 Å². The lowest BCUT2D eigenvalue weighted by atomic mass is 9.88. The number of benzene rings is 1. The van der Waals surface area contributed by atoms with Crippen molar-refractivity contribution in [2.45, 2.75) is 40.7 Å². The highest BCUT2D eigenvalue weighted by molar-refractivity contribution is 7.58. The second-order valence-corrected chi connectivity index (χ2v) is 8.11. The van der Waals surface area contributed by atoms with E-state index in [-0.39, 0.29) is 13.2 Å². The Balaban J connectivity index is 3.39. The standard InChI is InChI=1S/C17H27O4P/c1-6-20-22(19,21-7-2)15(16(18)17(3,4)5)13-14-11-9-8-10-12-14/h8-13,16,18H,6-7H2,1-5H3/b15-13+. The number of aliphatic hydroxyl groups is 1. The van der Waals surface area contributed by atoms with Gasteiger partial charge in [-0.1, -0.05) is 51.1 Å². The molecule has 0 aromatic heterocycles. The Morgan fingerprint density at radius 1 is 1.18 bits per heavy atom. The van der Waals surface area contributed by atoms with Crippen molar-refractivity contribution >= 4 is 13.7 Å². The first-order valence-corrected chi connectivity index (χ1v) is 9.13. The summed E-state index contributed by atoms with van der Waals surface area (Å²) >= 11 is 0. The Morgan fingerprint density at radius 3 is 2.09 bits per heavy atom. The maximum Gasteiger partial charge on any atom is 0.359 e. The molecule has 1 atom stereocenters. The molecule has 0 fully saturated rings. The smallest absolute Gasteiger partial charge is 0.359 e. The van der Waals surface area contributed by atoms with Crippen molar-refractivity contribution in [2.75, 3.05) is 13.2 Å². The van der Waals surface area contributed by atoms with Gasteiger partial charge in [0.15, 0.2) is 0 Å². The molecular weight excluding hydrogens is 299 g/mol. The minimum atomic E-state index is -3.54. The van der Waals surface area contributed by atoms with E-state index in [2.05, 4.69) is 0 Å². The van der Waals surface area contributed by atoms with Gasteiger partial charge in [0.05, 0.1) is 24.6 Å². The first-order chi connectivity index (χ1) is 10.2. The highest BCUT2D eigenvalue weighted by atomic mass is 31.2. The number of hydrogen-bond donors (Lipinski definition) is 1. The Labute approximate surface area is 133 Å². The highest BCUT2D eigenvalue weighted by Gasteiger charge is 2.39. The maximum absolute atomic E-state index is 13.1. The van der Waals surface area contributed by atoms with Crippen LogP contribution in [0.2, 0.25) is 0 Å². The van der Waals surface area contributed by atoms with Gasteiger partial charge in [-0.25, -0.2) is 0 Å². The van der Waals surface area contributed by atoms with Gasteiger partial charge in [-0.15, -0.1) is 0 Å². The molecule has 1 unspecified atom stereocenters. The summed E-state index contributed by atoms with van der Waals surface area (Å²) in [6.07, 6.45) is 0.777. The molecule has 5 heteroatoms. The van der Waals surface area contributed by atoms with Gasteiger partial charge in [-0.3, -0.25) is 4.57 Å². The van der Waals surface area contributed by atoms with Crippen LogP contribution in [0.1, 0.15) is 40.2 Å². The highest BCUT2D eigenvalue weighted by Crippen LogP contribution is 2.59. The maximum atomic E-state index is 13.1. The molecule has 0 saturated carbocycles.